The number of likely N-dealkylation sites (tertiary alicyclic amines) is 1. The molecule has 2 rings (SSSR count). The largest absolute Gasteiger partial charge is 0.399 e. The van der Waals surface area contributed by atoms with Crippen molar-refractivity contribution in [1.29, 1.82) is 0 Å². The van der Waals surface area contributed by atoms with E-state index in [-0.39, 0.29) is 12.1 Å². The molecule has 0 bridgehead atoms. The zero-order chi connectivity index (χ0) is 13.0. The SMILES string of the molecule is COC1CCCN(C(=O)Nc2ccc(N)cc2)C1. The number of amides is 2. The van der Waals surface area contributed by atoms with E-state index >= 15 is 0 Å². The Morgan fingerprint density at radius 3 is 2.83 bits per heavy atom. The highest BCUT2D eigenvalue weighted by Gasteiger charge is 2.23. The van der Waals surface area contributed by atoms with Gasteiger partial charge < -0.3 is 20.7 Å². The van der Waals surface area contributed by atoms with Crippen LogP contribution in [0.15, 0.2) is 24.3 Å². The number of anilines is 2. The summed E-state index contributed by atoms with van der Waals surface area (Å²) in [5.41, 5.74) is 7.04. The maximum Gasteiger partial charge on any atom is 0.321 e. The van der Waals surface area contributed by atoms with Gasteiger partial charge in [0.2, 0.25) is 0 Å². The van der Waals surface area contributed by atoms with Crippen molar-refractivity contribution >= 4 is 17.4 Å². The highest BCUT2D eigenvalue weighted by atomic mass is 16.5. The Balaban J connectivity index is 1.93. The molecule has 5 heteroatoms. The van der Waals surface area contributed by atoms with Gasteiger partial charge in [0, 0.05) is 31.6 Å². The number of nitrogens with two attached hydrogens (primary N) is 1. The zero-order valence-corrected chi connectivity index (χ0v) is 10.6. The van der Waals surface area contributed by atoms with Crippen molar-refractivity contribution in [3.63, 3.8) is 0 Å². The minimum atomic E-state index is -0.0819. The second kappa shape index (κ2) is 5.73. The van der Waals surface area contributed by atoms with Crippen LogP contribution in [0.25, 0.3) is 0 Å². The van der Waals surface area contributed by atoms with E-state index in [0.29, 0.717) is 12.2 Å². The molecule has 3 N–H and O–H groups in total. The van der Waals surface area contributed by atoms with E-state index in [0.717, 1.165) is 25.1 Å². The molecule has 0 spiro atoms. The molecule has 1 saturated heterocycles. The topological polar surface area (TPSA) is 67.6 Å². The molecule has 0 radical (unpaired) electrons. The molecule has 0 saturated carbocycles. The third-order valence-electron chi connectivity index (χ3n) is 3.16. The van der Waals surface area contributed by atoms with Crippen LogP contribution in [0, 0.1) is 0 Å². The highest BCUT2D eigenvalue weighted by molar-refractivity contribution is 5.89. The minimum absolute atomic E-state index is 0.0819. The number of nitrogen functional groups attached to an aromatic ring is 1. The number of hydrogen-bond acceptors (Lipinski definition) is 3. The van der Waals surface area contributed by atoms with Crippen LogP contribution in [0.1, 0.15) is 12.8 Å². The first-order valence-electron chi connectivity index (χ1n) is 6.13. The van der Waals surface area contributed by atoms with Gasteiger partial charge >= 0.3 is 6.03 Å². The number of carbonyl (C=O) groups is 1. The van der Waals surface area contributed by atoms with E-state index in [2.05, 4.69) is 5.32 Å². The predicted octanol–water partition coefficient (Wildman–Crippen LogP) is 1.91. The lowest BCUT2D eigenvalue weighted by Crippen LogP contribution is -2.44. The van der Waals surface area contributed by atoms with Gasteiger partial charge in [0.15, 0.2) is 0 Å². The van der Waals surface area contributed by atoms with E-state index in [1.54, 1.807) is 36.3 Å². The summed E-state index contributed by atoms with van der Waals surface area (Å²) in [7, 11) is 1.69. The summed E-state index contributed by atoms with van der Waals surface area (Å²) in [4.78, 5) is 13.8. The van der Waals surface area contributed by atoms with Gasteiger partial charge in [0.25, 0.3) is 0 Å². The Labute approximate surface area is 107 Å². The van der Waals surface area contributed by atoms with Gasteiger partial charge in [0.05, 0.1) is 6.10 Å². The average molecular weight is 249 g/mol. The number of nitrogens with one attached hydrogen (secondary N) is 1. The van der Waals surface area contributed by atoms with Crippen molar-refractivity contribution in [2.75, 3.05) is 31.2 Å². The van der Waals surface area contributed by atoms with Gasteiger partial charge in [-0.3, -0.25) is 0 Å². The molecule has 5 nitrogen and oxygen atoms in total. The van der Waals surface area contributed by atoms with Crippen LogP contribution in [0.4, 0.5) is 16.2 Å². The summed E-state index contributed by atoms with van der Waals surface area (Å²) in [5.74, 6) is 0. The highest BCUT2D eigenvalue weighted by Crippen LogP contribution is 2.15. The van der Waals surface area contributed by atoms with Crippen LogP contribution in [0.2, 0.25) is 0 Å². The van der Waals surface area contributed by atoms with Crippen LogP contribution in [-0.4, -0.2) is 37.2 Å². The fourth-order valence-corrected chi connectivity index (χ4v) is 2.08. The molecule has 0 aliphatic carbocycles. The van der Waals surface area contributed by atoms with Crippen LogP contribution < -0.4 is 11.1 Å². The molecule has 1 fully saturated rings. The molecule has 1 aliphatic rings. The van der Waals surface area contributed by atoms with Crippen LogP contribution in [-0.2, 0) is 4.74 Å². The van der Waals surface area contributed by atoms with Gasteiger partial charge in [-0.2, -0.15) is 0 Å². The van der Waals surface area contributed by atoms with Crippen molar-refractivity contribution in [3.05, 3.63) is 24.3 Å². The lowest BCUT2D eigenvalue weighted by atomic mass is 10.1. The maximum atomic E-state index is 12.0. The fraction of sp³-hybridized carbons (Fsp3) is 0.462. The van der Waals surface area contributed by atoms with E-state index in [4.69, 9.17) is 10.5 Å². The Bertz CT molecular complexity index is 405. The molecule has 1 aliphatic heterocycles. The number of hydrogen-bond donors (Lipinski definition) is 2. The number of nitrogens with zero attached hydrogens (tertiary/aromatic N) is 1. The molecular formula is C13H19N3O2. The summed E-state index contributed by atoms with van der Waals surface area (Å²) >= 11 is 0. The third-order valence-corrected chi connectivity index (χ3v) is 3.16. The molecular weight excluding hydrogens is 230 g/mol. The maximum absolute atomic E-state index is 12.0. The second-order valence-electron chi connectivity index (χ2n) is 4.50. The van der Waals surface area contributed by atoms with Crippen molar-refractivity contribution in [3.8, 4) is 0 Å². The Kier molecular flexibility index (Phi) is 4.04. The lowest BCUT2D eigenvalue weighted by molar-refractivity contribution is 0.0458. The molecule has 1 atom stereocenters. The van der Waals surface area contributed by atoms with Gasteiger partial charge in [-0.15, -0.1) is 0 Å². The minimum Gasteiger partial charge on any atom is -0.399 e. The number of rotatable bonds is 2. The summed E-state index contributed by atoms with van der Waals surface area (Å²) < 4.78 is 5.30. The standard InChI is InChI=1S/C13H19N3O2/c1-18-12-3-2-8-16(9-12)13(17)15-11-6-4-10(14)5-7-11/h4-7,12H,2-3,8-9,14H2,1H3,(H,15,17). The van der Waals surface area contributed by atoms with E-state index in [9.17, 15) is 4.79 Å². The number of benzene rings is 1. The molecule has 1 unspecified atom stereocenters. The quantitative estimate of drug-likeness (QED) is 0.787. The predicted molar refractivity (Wildman–Crippen MR) is 71.5 cm³/mol. The summed E-state index contributed by atoms with van der Waals surface area (Å²) in [6.45, 7) is 1.43. The average Bonchev–Trinajstić information content (AvgIpc) is 2.41. The number of ether oxygens (including phenoxy) is 1. The van der Waals surface area contributed by atoms with E-state index < -0.39 is 0 Å². The number of urea groups is 1. The molecule has 0 aromatic heterocycles. The number of methoxy groups -OCH3 is 1. The molecule has 1 aromatic carbocycles. The first-order chi connectivity index (χ1) is 8.69. The summed E-state index contributed by atoms with van der Waals surface area (Å²) in [6, 6.07) is 7.05. The molecule has 98 valence electrons. The lowest BCUT2D eigenvalue weighted by Gasteiger charge is -2.31. The van der Waals surface area contributed by atoms with Gasteiger partial charge in [-0.05, 0) is 37.1 Å². The number of piperidine rings is 1. The zero-order valence-electron chi connectivity index (χ0n) is 10.6. The van der Waals surface area contributed by atoms with E-state index in [1.165, 1.54) is 0 Å². The third kappa shape index (κ3) is 3.13. The molecule has 1 heterocycles. The molecule has 1 aromatic rings. The van der Waals surface area contributed by atoms with Crippen molar-refractivity contribution in [1.82, 2.24) is 4.90 Å². The fourth-order valence-electron chi connectivity index (χ4n) is 2.08. The van der Waals surface area contributed by atoms with Crippen LogP contribution in [0.3, 0.4) is 0 Å². The van der Waals surface area contributed by atoms with Gasteiger partial charge in [0.1, 0.15) is 0 Å². The Hall–Kier alpha value is -1.75. The summed E-state index contributed by atoms with van der Waals surface area (Å²) in [5, 5.41) is 2.86. The van der Waals surface area contributed by atoms with Crippen molar-refractivity contribution < 1.29 is 9.53 Å². The Morgan fingerprint density at radius 2 is 2.17 bits per heavy atom. The second-order valence-corrected chi connectivity index (χ2v) is 4.50. The van der Waals surface area contributed by atoms with Crippen molar-refractivity contribution in [2.24, 2.45) is 0 Å². The first-order valence-corrected chi connectivity index (χ1v) is 6.13. The van der Waals surface area contributed by atoms with E-state index in [1.807, 2.05) is 0 Å². The van der Waals surface area contributed by atoms with Crippen LogP contribution in [0.5, 0.6) is 0 Å². The molecule has 2 amide bonds. The van der Waals surface area contributed by atoms with Crippen LogP contribution >= 0.6 is 0 Å². The normalized spacial score (nSPS) is 19.6. The first kappa shape index (κ1) is 12.7. The number of carbonyl (C=O) groups excluding carboxylic acids is 1. The van der Waals surface area contributed by atoms with Gasteiger partial charge in [-0.25, -0.2) is 4.79 Å². The summed E-state index contributed by atoms with van der Waals surface area (Å²) in [6.07, 6.45) is 2.14. The Morgan fingerprint density at radius 1 is 1.44 bits per heavy atom. The molecule has 18 heavy (non-hydrogen) atoms. The van der Waals surface area contributed by atoms with Gasteiger partial charge in [-0.1, -0.05) is 0 Å². The smallest absolute Gasteiger partial charge is 0.321 e. The monoisotopic (exact) mass is 249 g/mol. The van der Waals surface area contributed by atoms with Crippen molar-refractivity contribution in [2.45, 2.75) is 18.9 Å².